The average molecular weight is 219 g/mol. The van der Waals surface area contributed by atoms with E-state index in [1.54, 1.807) is 0 Å². The summed E-state index contributed by atoms with van der Waals surface area (Å²) in [4.78, 5) is 0. The molecule has 1 unspecified atom stereocenters. The van der Waals surface area contributed by atoms with E-state index >= 15 is 0 Å². The molecule has 2 atom stereocenters. The Balaban J connectivity index is 1.85. The maximum atomic E-state index is 9.23. The first-order chi connectivity index (χ1) is 7.72. The van der Waals surface area contributed by atoms with Crippen LogP contribution < -0.4 is 5.32 Å². The molecule has 1 aromatic carbocycles. The molecule has 0 aliphatic heterocycles. The van der Waals surface area contributed by atoms with E-state index in [0.717, 1.165) is 6.54 Å². The van der Waals surface area contributed by atoms with Crippen LogP contribution in [-0.4, -0.2) is 24.3 Å². The van der Waals surface area contributed by atoms with Crippen molar-refractivity contribution in [1.82, 2.24) is 5.32 Å². The third kappa shape index (κ3) is 2.28. The molecule has 0 saturated heterocycles. The number of hydrogen-bond donors (Lipinski definition) is 2. The zero-order valence-electron chi connectivity index (χ0n) is 10.1. The van der Waals surface area contributed by atoms with E-state index in [0.29, 0.717) is 11.8 Å². The lowest BCUT2D eigenvalue weighted by atomic mass is 9.77. The highest BCUT2D eigenvalue weighted by Crippen LogP contribution is 2.34. The van der Waals surface area contributed by atoms with Crippen LogP contribution >= 0.6 is 0 Å². The molecule has 1 aliphatic rings. The number of aliphatic hydroxyl groups is 1. The molecule has 2 rings (SSSR count). The highest BCUT2D eigenvalue weighted by atomic mass is 16.3. The molecule has 0 heterocycles. The minimum Gasteiger partial charge on any atom is -0.395 e. The zero-order valence-corrected chi connectivity index (χ0v) is 10.1. The third-order valence-electron chi connectivity index (χ3n) is 3.59. The summed E-state index contributed by atoms with van der Waals surface area (Å²) >= 11 is 0. The number of hydrogen-bond acceptors (Lipinski definition) is 2. The molecular formula is C14H21NO. The van der Waals surface area contributed by atoms with E-state index in [1.807, 2.05) is 0 Å². The highest BCUT2D eigenvalue weighted by molar-refractivity contribution is 5.40. The molecule has 2 nitrogen and oxygen atoms in total. The Kier molecular flexibility index (Phi) is 3.62. The van der Waals surface area contributed by atoms with Crippen LogP contribution in [0, 0.1) is 5.92 Å². The Morgan fingerprint density at radius 3 is 2.75 bits per heavy atom. The largest absolute Gasteiger partial charge is 0.395 e. The Labute approximate surface area is 97.7 Å². The fraction of sp³-hybridized carbons (Fsp3) is 0.571. The number of benzene rings is 1. The van der Waals surface area contributed by atoms with E-state index in [4.69, 9.17) is 0 Å². The summed E-state index contributed by atoms with van der Waals surface area (Å²) < 4.78 is 0. The predicted molar refractivity (Wildman–Crippen MR) is 66.6 cm³/mol. The van der Waals surface area contributed by atoms with Gasteiger partial charge in [0.25, 0.3) is 0 Å². The van der Waals surface area contributed by atoms with Crippen molar-refractivity contribution in [3.63, 3.8) is 0 Å². The van der Waals surface area contributed by atoms with Gasteiger partial charge in [-0.15, -0.1) is 0 Å². The Morgan fingerprint density at radius 2 is 2.12 bits per heavy atom. The topological polar surface area (TPSA) is 32.3 Å². The fourth-order valence-corrected chi connectivity index (χ4v) is 2.35. The summed E-state index contributed by atoms with van der Waals surface area (Å²) in [7, 11) is 0. The highest BCUT2D eigenvalue weighted by Gasteiger charge is 2.25. The molecule has 0 bridgehead atoms. The summed E-state index contributed by atoms with van der Waals surface area (Å²) in [5.41, 5.74) is 2.97. The first-order valence-corrected chi connectivity index (χ1v) is 6.14. The van der Waals surface area contributed by atoms with Crippen LogP contribution in [0.3, 0.4) is 0 Å². The molecule has 1 aliphatic carbocycles. The second kappa shape index (κ2) is 4.98. The second-order valence-corrected chi connectivity index (χ2v) is 5.04. The van der Waals surface area contributed by atoms with Gasteiger partial charge in [-0.1, -0.05) is 38.1 Å². The van der Waals surface area contributed by atoms with Gasteiger partial charge in [-0.25, -0.2) is 0 Å². The summed E-state index contributed by atoms with van der Waals surface area (Å²) in [6, 6.07) is 8.86. The van der Waals surface area contributed by atoms with Crippen molar-refractivity contribution in [1.29, 1.82) is 0 Å². The van der Waals surface area contributed by atoms with Crippen molar-refractivity contribution < 1.29 is 5.11 Å². The third-order valence-corrected chi connectivity index (χ3v) is 3.59. The van der Waals surface area contributed by atoms with Crippen molar-refractivity contribution >= 4 is 0 Å². The van der Waals surface area contributed by atoms with Gasteiger partial charge in [0, 0.05) is 18.5 Å². The first-order valence-electron chi connectivity index (χ1n) is 6.14. The van der Waals surface area contributed by atoms with Gasteiger partial charge >= 0.3 is 0 Å². The van der Waals surface area contributed by atoms with Crippen LogP contribution in [0.15, 0.2) is 24.3 Å². The zero-order chi connectivity index (χ0) is 11.5. The maximum Gasteiger partial charge on any atom is 0.0587 e. The van der Waals surface area contributed by atoms with Crippen molar-refractivity contribution in [2.75, 3.05) is 13.2 Å². The van der Waals surface area contributed by atoms with E-state index in [1.165, 1.54) is 17.5 Å². The lowest BCUT2D eigenvalue weighted by molar-refractivity contribution is 0.208. The minimum atomic E-state index is 0.228. The quantitative estimate of drug-likeness (QED) is 0.793. The molecule has 88 valence electrons. The summed E-state index contributed by atoms with van der Waals surface area (Å²) in [5.74, 6) is 1.13. The van der Waals surface area contributed by atoms with E-state index in [9.17, 15) is 5.11 Å². The van der Waals surface area contributed by atoms with Crippen LogP contribution in [0.2, 0.25) is 0 Å². The Morgan fingerprint density at radius 1 is 1.38 bits per heavy atom. The summed E-state index contributed by atoms with van der Waals surface area (Å²) in [6.07, 6.45) is 1.18. The number of nitrogens with one attached hydrogen (secondary N) is 1. The fourth-order valence-electron chi connectivity index (χ4n) is 2.35. The molecule has 0 amide bonds. The molecule has 2 heteroatoms. The van der Waals surface area contributed by atoms with Crippen molar-refractivity contribution in [3.05, 3.63) is 35.4 Å². The van der Waals surface area contributed by atoms with E-state index < -0.39 is 0 Å². The number of rotatable bonds is 5. The molecule has 0 spiro atoms. The van der Waals surface area contributed by atoms with E-state index in [-0.39, 0.29) is 12.6 Å². The van der Waals surface area contributed by atoms with Crippen molar-refractivity contribution in [2.45, 2.75) is 32.2 Å². The summed E-state index contributed by atoms with van der Waals surface area (Å²) in [6.45, 7) is 5.50. The minimum absolute atomic E-state index is 0.228. The standard InChI is InChI=1S/C14H21NO/c1-10(2)14(9-16)15-8-12-7-11-5-3-4-6-13(11)12/h3-6,10,12,14-16H,7-9H2,1-2H3/t12?,14-/m1/s1. The normalized spacial score (nSPS) is 20.4. The van der Waals surface area contributed by atoms with Gasteiger partial charge in [0.1, 0.15) is 0 Å². The lowest BCUT2D eigenvalue weighted by Crippen LogP contribution is -2.41. The molecule has 1 aromatic rings. The van der Waals surface area contributed by atoms with Crippen LogP contribution in [0.1, 0.15) is 30.9 Å². The molecule has 0 radical (unpaired) electrons. The van der Waals surface area contributed by atoms with Crippen molar-refractivity contribution in [2.24, 2.45) is 5.92 Å². The van der Waals surface area contributed by atoms with Gasteiger partial charge in [0.05, 0.1) is 6.61 Å². The number of aliphatic hydroxyl groups excluding tert-OH is 1. The van der Waals surface area contributed by atoms with Gasteiger partial charge in [-0.2, -0.15) is 0 Å². The molecule has 0 saturated carbocycles. The van der Waals surface area contributed by atoms with Gasteiger partial charge in [-0.3, -0.25) is 0 Å². The van der Waals surface area contributed by atoms with Gasteiger partial charge in [-0.05, 0) is 23.5 Å². The molecule has 0 aromatic heterocycles. The molecular weight excluding hydrogens is 198 g/mol. The van der Waals surface area contributed by atoms with Crippen LogP contribution in [0.25, 0.3) is 0 Å². The van der Waals surface area contributed by atoms with Crippen LogP contribution in [0.4, 0.5) is 0 Å². The molecule has 0 fully saturated rings. The monoisotopic (exact) mass is 219 g/mol. The second-order valence-electron chi connectivity index (χ2n) is 5.04. The Bertz CT molecular complexity index is 348. The lowest BCUT2D eigenvalue weighted by Gasteiger charge is -2.32. The molecule has 2 N–H and O–H groups in total. The maximum absolute atomic E-state index is 9.23. The smallest absolute Gasteiger partial charge is 0.0587 e. The Hall–Kier alpha value is -0.860. The van der Waals surface area contributed by atoms with Gasteiger partial charge < -0.3 is 10.4 Å². The average Bonchev–Trinajstić information content (AvgIpc) is 2.24. The van der Waals surface area contributed by atoms with Crippen LogP contribution in [0.5, 0.6) is 0 Å². The van der Waals surface area contributed by atoms with Crippen molar-refractivity contribution in [3.8, 4) is 0 Å². The molecule has 16 heavy (non-hydrogen) atoms. The number of fused-ring (bicyclic) bond motifs is 1. The van der Waals surface area contributed by atoms with Gasteiger partial charge in [0.2, 0.25) is 0 Å². The van der Waals surface area contributed by atoms with Crippen LogP contribution in [-0.2, 0) is 6.42 Å². The predicted octanol–water partition coefficient (Wildman–Crippen LogP) is 1.93. The first kappa shape index (κ1) is 11.6. The van der Waals surface area contributed by atoms with E-state index in [2.05, 4.69) is 43.4 Å². The SMILES string of the molecule is CC(C)[C@@H](CO)NCC1Cc2ccccc21. The van der Waals surface area contributed by atoms with Gasteiger partial charge in [0.15, 0.2) is 0 Å². The summed E-state index contributed by atoms with van der Waals surface area (Å²) in [5, 5.41) is 12.7.